The minimum absolute atomic E-state index is 0.0362. The van der Waals surface area contributed by atoms with Crippen LogP contribution in [0, 0.1) is 0 Å². The first kappa shape index (κ1) is 16.5. The van der Waals surface area contributed by atoms with E-state index in [2.05, 4.69) is 17.6 Å². The number of nitrogens with one attached hydrogen (secondary N) is 2. The van der Waals surface area contributed by atoms with Gasteiger partial charge in [-0.05, 0) is 44.9 Å². The number of methoxy groups -OCH3 is 1. The van der Waals surface area contributed by atoms with E-state index in [0.29, 0.717) is 0 Å². The molecule has 1 amide bonds. The Morgan fingerprint density at radius 2 is 2.00 bits per heavy atom. The Bertz CT molecular complexity index is 434. The molecule has 4 nitrogen and oxygen atoms in total. The fraction of sp³-hybridized carbons (Fsp3) is 0.562. The van der Waals surface area contributed by atoms with Gasteiger partial charge in [-0.25, -0.2) is 0 Å². The predicted molar refractivity (Wildman–Crippen MR) is 81.9 cm³/mol. The SMILES string of the molecule is CCC(C)NC(=O)C(C)N[C@H](C)c1cccc(OC)c1. The maximum Gasteiger partial charge on any atom is 0.237 e. The number of carbonyl (C=O) groups excluding carboxylic acids is 1. The number of rotatable bonds is 7. The zero-order chi connectivity index (χ0) is 15.1. The van der Waals surface area contributed by atoms with E-state index in [0.717, 1.165) is 17.7 Å². The summed E-state index contributed by atoms with van der Waals surface area (Å²) in [7, 11) is 1.65. The molecule has 0 aliphatic heterocycles. The largest absolute Gasteiger partial charge is 0.497 e. The second-order valence-electron chi connectivity index (χ2n) is 5.20. The van der Waals surface area contributed by atoms with E-state index in [4.69, 9.17) is 4.74 Å². The summed E-state index contributed by atoms with van der Waals surface area (Å²) >= 11 is 0. The smallest absolute Gasteiger partial charge is 0.237 e. The Morgan fingerprint density at radius 1 is 1.30 bits per heavy atom. The molecule has 2 N–H and O–H groups in total. The van der Waals surface area contributed by atoms with Crippen molar-refractivity contribution < 1.29 is 9.53 Å². The summed E-state index contributed by atoms with van der Waals surface area (Å²) in [5.74, 6) is 0.863. The van der Waals surface area contributed by atoms with Crippen LogP contribution < -0.4 is 15.4 Å². The molecule has 112 valence electrons. The van der Waals surface area contributed by atoms with E-state index in [-0.39, 0.29) is 24.0 Å². The maximum atomic E-state index is 12.0. The van der Waals surface area contributed by atoms with Crippen molar-refractivity contribution in [2.24, 2.45) is 0 Å². The van der Waals surface area contributed by atoms with E-state index in [1.165, 1.54) is 0 Å². The third kappa shape index (κ3) is 4.85. The van der Waals surface area contributed by atoms with Crippen LogP contribution in [-0.2, 0) is 4.79 Å². The molecule has 20 heavy (non-hydrogen) atoms. The van der Waals surface area contributed by atoms with E-state index in [9.17, 15) is 4.79 Å². The first-order chi connectivity index (χ1) is 9.47. The van der Waals surface area contributed by atoms with Crippen LogP contribution in [0.5, 0.6) is 5.75 Å². The lowest BCUT2D eigenvalue weighted by atomic mass is 10.1. The van der Waals surface area contributed by atoms with Crippen molar-refractivity contribution >= 4 is 5.91 Å². The number of amides is 1. The molecule has 0 saturated carbocycles. The normalized spacial score (nSPS) is 15.2. The first-order valence-corrected chi connectivity index (χ1v) is 7.18. The maximum absolute atomic E-state index is 12.0. The van der Waals surface area contributed by atoms with Crippen molar-refractivity contribution in [1.82, 2.24) is 10.6 Å². The van der Waals surface area contributed by atoms with Crippen LogP contribution in [0.15, 0.2) is 24.3 Å². The Balaban J connectivity index is 2.60. The second kappa shape index (κ2) is 7.90. The topological polar surface area (TPSA) is 50.4 Å². The third-order valence-corrected chi connectivity index (χ3v) is 3.49. The summed E-state index contributed by atoms with van der Waals surface area (Å²) in [6.07, 6.45) is 0.934. The van der Waals surface area contributed by atoms with Crippen molar-refractivity contribution in [3.05, 3.63) is 29.8 Å². The van der Waals surface area contributed by atoms with Gasteiger partial charge in [-0.3, -0.25) is 10.1 Å². The Labute approximate surface area is 121 Å². The highest BCUT2D eigenvalue weighted by Crippen LogP contribution is 2.19. The highest BCUT2D eigenvalue weighted by Gasteiger charge is 2.17. The quantitative estimate of drug-likeness (QED) is 0.806. The average Bonchev–Trinajstić information content (AvgIpc) is 2.46. The van der Waals surface area contributed by atoms with E-state index < -0.39 is 0 Å². The van der Waals surface area contributed by atoms with Gasteiger partial charge < -0.3 is 10.1 Å². The summed E-state index contributed by atoms with van der Waals surface area (Å²) < 4.78 is 5.22. The van der Waals surface area contributed by atoms with Crippen LogP contribution in [0.1, 0.15) is 45.7 Å². The van der Waals surface area contributed by atoms with E-state index in [1.54, 1.807) is 7.11 Å². The fourth-order valence-electron chi connectivity index (χ4n) is 1.93. The summed E-state index contributed by atoms with van der Waals surface area (Å²) in [5, 5.41) is 6.29. The minimum atomic E-state index is -0.231. The van der Waals surface area contributed by atoms with Gasteiger partial charge in [0.15, 0.2) is 0 Å². The van der Waals surface area contributed by atoms with Crippen molar-refractivity contribution in [1.29, 1.82) is 0 Å². The van der Waals surface area contributed by atoms with Gasteiger partial charge in [0.1, 0.15) is 5.75 Å². The van der Waals surface area contributed by atoms with Gasteiger partial charge in [0.2, 0.25) is 5.91 Å². The molecule has 0 radical (unpaired) electrons. The molecule has 0 fully saturated rings. The molecule has 3 atom stereocenters. The van der Waals surface area contributed by atoms with Crippen molar-refractivity contribution in [2.45, 2.75) is 52.2 Å². The Morgan fingerprint density at radius 3 is 2.60 bits per heavy atom. The van der Waals surface area contributed by atoms with Gasteiger partial charge in [0.05, 0.1) is 13.2 Å². The number of benzene rings is 1. The molecular weight excluding hydrogens is 252 g/mol. The van der Waals surface area contributed by atoms with Crippen molar-refractivity contribution in [3.63, 3.8) is 0 Å². The highest BCUT2D eigenvalue weighted by molar-refractivity contribution is 5.81. The number of ether oxygens (including phenoxy) is 1. The van der Waals surface area contributed by atoms with Crippen LogP contribution in [0.25, 0.3) is 0 Å². The molecule has 1 aromatic carbocycles. The summed E-state index contributed by atoms with van der Waals surface area (Å²) in [6, 6.07) is 7.94. The molecule has 0 aliphatic rings. The fourth-order valence-corrected chi connectivity index (χ4v) is 1.93. The van der Waals surface area contributed by atoms with Crippen LogP contribution in [0.2, 0.25) is 0 Å². The van der Waals surface area contributed by atoms with Gasteiger partial charge in [-0.2, -0.15) is 0 Å². The number of carbonyl (C=O) groups is 1. The highest BCUT2D eigenvalue weighted by atomic mass is 16.5. The van der Waals surface area contributed by atoms with Crippen molar-refractivity contribution in [2.75, 3.05) is 7.11 Å². The van der Waals surface area contributed by atoms with E-state index in [1.807, 2.05) is 45.0 Å². The molecule has 0 spiro atoms. The van der Waals surface area contributed by atoms with Crippen molar-refractivity contribution in [3.8, 4) is 5.75 Å². The number of hydrogen-bond donors (Lipinski definition) is 2. The first-order valence-electron chi connectivity index (χ1n) is 7.18. The van der Waals surface area contributed by atoms with Gasteiger partial charge >= 0.3 is 0 Å². The molecule has 1 aromatic rings. The molecule has 0 heterocycles. The zero-order valence-corrected chi connectivity index (χ0v) is 13.1. The van der Waals surface area contributed by atoms with Crippen LogP contribution in [0.3, 0.4) is 0 Å². The third-order valence-electron chi connectivity index (χ3n) is 3.49. The molecular formula is C16H26N2O2. The summed E-state index contributed by atoms with van der Waals surface area (Å²) in [4.78, 5) is 12.0. The van der Waals surface area contributed by atoms with Gasteiger partial charge in [-0.15, -0.1) is 0 Å². The second-order valence-corrected chi connectivity index (χ2v) is 5.20. The Hall–Kier alpha value is -1.55. The van der Waals surface area contributed by atoms with Gasteiger partial charge in [0.25, 0.3) is 0 Å². The van der Waals surface area contributed by atoms with E-state index >= 15 is 0 Å². The monoisotopic (exact) mass is 278 g/mol. The number of hydrogen-bond acceptors (Lipinski definition) is 3. The van der Waals surface area contributed by atoms with Crippen LogP contribution in [-0.4, -0.2) is 25.1 Å². The van der Waals surface area contributed by atoms with Gasteiger partial charge in [-0.1, -0.05) is 19.1 Å². The standard InChI is InChI=1S/C16H26N2O2/c1-6-11(2)17-16(19)13(4)18-12(3)14-8-7-9-15(10-14)20-5/h7-13,18H,6H2,1-5H3,(H,17,19)/t11?,12-,13?/m1/s1. The predicted octanol–water partition coefficient (Wildman–Crippen LogP) is 2.65. The van der Waals surface area contributed by atoms with Gasteiger partial charge in [0, 0.05) is 12.1 Å². The summed E-state index contributed by atoms with van der Waals surface area (Å²) in [6.45, 7) is 7.99. The molecule has 4 heteroatoms. The zero-order valence-electron chi connectivity index (χ0n) is 13.1. The van der Waals surface area contributed by atoms with Crippen LogP contribution >= 0.6 is 0 Å². The molecule has 0 aromatic heterocycles. The molecule has 0 saturated heterocycles. The lowest BCUT2D eigenvalue weighted by Gasteiger charge is -2.22. The molecule has 1 rings (SSSR count). The lowest BCUT2D eigenvalue weighted by molar-refractivity contribution is -0.123. The molecule has 2 unspecified atom stereocenters. The Kier molecular flexibility index (Phi) is 6.52. The molecule has 0 aliphatic carbocycles. The average molecular weight is 278 g/mol. The van der Waals surface area contributed by atoms with Crippen LogP contribution in [0.4, 0.5) is 0 Å². The lowest BCUT2D eigenvalue weighted by Crippen LogP contribution is -2.45. The molecule has 0 bridgehead atoms. The minimum Gasteiger partial charge on any atom is -0.497 e. The summed E-state index contributed by atoms with van der Waals surface area (Å²) in [5.41, 5.74) is 1.10.